The van der Waals surface area contributed by atoms with Crippen LogP contribution in [0, 0.1) is 17.3 Å². The van der Waals surface area contributed by atoms with Crippen molar-refractivity contribution < 1.29 is 18.6 Å². The molecule has 0 unspecified atom stereocenters. The molecule has 0 fully saturated rings. The minimum absolute atomic E-state index is 0.182. The first-order chi connectivity index (χ1) is 19.5. The van der Waals surface area contributed by atoms with Gasteiger partial charge in [-0.2, -0.15) is 5.26 Å². The third-order valence-corrected chi connectivity index (χ3v) is 6.02. The van der Waals surface area contributed by atoms with Crippen LogP contribution in [0.2, 0.25) is 5.02 Å². The van der Waals surface area contributed by atoms with Crippen LogP contribution in [0.15, 0.2) is 65.9 Å². The van der Waals surface area contributed by atoms with Crippen molar-refractivity contribution in [1.82, 2.24) is 20.0 Å². The molecule has 4 aromatic rings. The van der Waals surface area contributed by atoms with E-state index in [4.69, 9.17) is 31.1 Å². The van der Waals surface area contributed by atoms with Gasteiger partial charge in [-0.05, 0) is 42.0 Å². The van der Waals surface area contributed by atoms with Crippen LogP contribution in [0.4, 0.5) is 15.9 Å². The van der Waals surface area contributed by atoms with Crippen LogP contribution in [0.25, 0.3) is 10.9 Å². The number of fused-ring (bicyclic) bond motifs is 1. The number of methoxy groups -OCH3 is 1. The lowest BCUT2D eigenvalue weighted by atomic mass is 10.2. The molecule has 10 nitrogen and oxygen atoms in total. The van der Waals surface area contributed by atoms with Crippen LogP contribution in [0.5, 0.6) is 17.2 Å². The number of benzene rings is 3. The fraction of sp³-hybridized carbons (Fsp3) is 0.185. The van der Waals surface area contributed by atoms with E-state index in [0.717, 1.165) is 0 Å². The van der Waals surface area contributed by atoms with E-state index in [1.54, 1.807) is 55.8 Å². The molecular weight excluding hydrogens is 557 g/mol. The van der Waals surface area contributed by atoms with Gasteiger partial charge in [0.05, 0.1) is 24.3 Å². The van der Waals surface area contributed by atoms with Crippen molar-refractivity contribution in [3.63, 3.8) is 0 Å². The lowest BCUT2D eigenvalue weighted by Crippen LogP contribution is -2.28. The Morgan fingerprint density at radius 1 is 1.10 bits per heavy atom. The van der Waals surface area contributed by atoms with Gasteiger partial charge in [-0.25, -0.2) is 14.4 Å². The lowest BCUT2D eigenvalue weighted by molar-refractivity contribution is 0.292. The van der Waals surface area contributed by atoms with Gasteiger partial charge in [0.1, 0.15) is 30.3 Å². The Labute approximate surface area is 240 Å². The second-order valence-corrected chi connectivity index (χ2v) is 8.84. The summed E-state index contributed by atoms with van der Waals surface area (Å²) in [6.45, 7) is 0.939. The van der Waals surface area contributed by atoms with Gasteiger partial charge >= 0.3 is 0 Å². The highest BCUT2D eigenvalue weighted by Gasteiger charge is 2.13. The number of nitrogens with one attached hydrogen (secondary N) is 3. The van der Waals surface area contributed by atoms with Crippen molar-refractivity contribution in [2.45, 2.75) is 13.0 Å². The van der Waals surface area contributed by atoms with E-state index in [9.17, 15) is 4.39 Å². The standard InChI is InChI=1S/C27H25ClFN7O3S/c1-37-24-13-22-20(12-25(24)38-9-3-8-31-27(36-40)32-15-30)26(34-16-33-22)35-19-6-7-23(21(28)11-19)39-14-17-4-2-5-18(29)10-17/h2,4-7,10-13,16,40H,3,8-9,14H2,1H3,(H2,31,32,36)(H,33,34,35). The van der Waals surface area contributed by atoms with Crippen molar-refractivity contribution in [2.75, 3.05) is 25.6 Å². The summed E-state index contributed by atoms with van der Waals surface area (Å²) in [5.41, 5.74) is 2.03. The SMILES string of the molecule is COc1cc2ncnc(Nc3ccc(OCc4cccc(F)c4)c(Cl)c3)c2cc1OCCCN=C(NS)NC#N. The number of hydrogen-bond donors (Lipinski definition) is 4. The second kappa shape index (κ2) is 14.1. The Morgan fingerprint density at radius 2 is 1.98 bits per heavy atom. The predicted molar refractivity (Wildman–Crippen MR) is 155 cm³/mol. The van der Waals surface area contributed by atoms with Crippen LogP contribution < -0.4 is 29.6 Å². The monoisotopic (exact) mass is 581 g/mol. The number of halogens is 2. The average Bonchev–Trinajstić information content (AvgIpc) is 2.96. The first kappa shape index (κ1) is 28.5. The summed E-state index contributed by atoms with van der Waals surface area (Å²) < 4.78 is 33.1. The number of aromatic nitrogens is 2. The molecule has 40 heavy (non-hydrogen) atoms. The number of aliphatic imine (C=N–C) groups is 1. The largest absolute Gasteiger partial charge is 0.493 e. The molecule has 4 rings (SSSR count). The Hall–Kier alpha value is -4.47. The number of hydrogen-bond acceptors (Lipinski definition) is 9. The highest BCUT2D eigenvalue weighted by Crippen LogP contribution is 2.36. The van der Waals surface area contributed by atoms with E-state index in [-0.39, 0.29) is 18.4 Å². The number of nitrogens with zero attached hydrogens (tertiary/aromatic N) is 4. The quantitative estimate of drug-likeness (QED) is 0.0461. The maximum absolute atomic E-state index is 13.4. The van der Waals surface area contributed by atoms with Gasteiger partial charge < -0.3 is 24.2 Å². The zero-order valence-electron chi connectivity index (χ0n) is 21.3. The van der Waals surface area contributed by atoms with Gasteiger partial charge in [-0.15, -0.1) is 0 Å². The molecule has 0 aliphatic heterocycles. The summed E-state index contributed by atoms with van der Waals surface area (Å²) in [5.74, 6) is 1.97. The smallest absolute Gasteiger partial charge is 0.214 e. The van der Waals surface area contributed by atoms with Crippen LogP contribution >= 0.6 is 24.4 Å². The molecule has 0 atom stereocenters. The van der Waals surface area contributed by atoms with Crippen molar-refractivity contribution in [2.24, 2.45) is 4.99 Å². The van der Waals surface area contributed by atoms with Crippen molar-refractivity contribution in [1.29, 1.82) is 5.26 Å². The number of ether oxygens (including phenoxy) is 3. The van der Waals surface area contributed by atoms with E-state index in [1.807, 2.05) is 0 Å². The topological polar surface area (TPSA) is 126 Å². The highest BCUT2D eigenvalue weighted by atomic mass is 35.5. The molecule has 0 saturated heterocycles. The molecule has 13 heteroatoms. The van der Waals surface area contributed by atoms with Gasteiger partial charge in [0.25, 0.3) is 0 Å². The minimum Gasteiger partial charge on any atom is -0.493 e. The fourth-order valence-corrected chi connectivity index (χ4v) is 4.01. The third-order valence-electron chi connectivity index (χ3n) is 5.51. The summed E-state index contributed by atoms with van der Waals surface area (Å²) in [5, 5.41) is 15.4. The Bertz CT molecular complexity index is 1550. The summed E-state index contributed by atoms with van der Waals surface area (Å²) in [4.78, 5) is 12.9. The van der Waals surface area contributed by atoms with Crippen LogP contribution in [-0.2, 0) is 6.61 Å². The fourth-order valence-electron chi connectivity index (χ4n) is 3.65. The molecule has 3 N–H and O–H groups in total. The first-order valence-electron chi connectivity index (χ1n) is 12.0. The molecular formula is C27H25ClFN7O3S. The summed E-state index contributed by atoms with van der Waals surface area (Å²) in [7, 11) is 1.55. The van der Waals surface area contributed by atoms with Gasteiger partial charge in [0, 0.05) is 30.1 Å². The number of thiol groups is 1. The molecule has 0 spiro atoms. The van der Waals surface area contributed by atoms with Crippen molar-refractivity contribution in [3.05, 3.63) is 77.3 Å². The zero-order chi connectivity index (χ0) is 28.3. The number of guanidine groups is 1. The molecule has 0 amide bonds. The maximum Gasteiger partial charge on any atom is 0.214 e. The molecule has 206 valence electrons. The normalized spacial score (nSPS) is 11.0. The van der Waals surface area contributed by atoms with E-state index in [0.29, 0.717) is 69.8 Å². The zero-order valence-corrected chi connectivity index (χ0v) is 23.0. The Morgan fingerprint density at radius 3 is 2.73 bits per heavy atom. The minimum atomic E-state index is -0.325. The van der Waals surface area contributed by atoms with E-state index < -0.39 is 0 Å². The van der Waals surface area contributed by atoms with Gasteiger partial charge in [-0.3, -0.25) is 10.3 Å². The van der Waals surface area contributed by atoms with Crippen LogP contribution in [0.1, 0.15) is 12.0 Å². The van der Waals surface area contributed by atoms with E-state index >= 15 is 0 Å². The molecule has 1 aromatic heterocycles. The third kappa shape index (κ3) is 7.56. The Kier molecular flexibility index (Phi) is 10.0. The van der Waals surface area contributed by atoms with E-state index in [2.05, 4.69) is 43.1 Å². The van der Waals surface area contributed by atoms with Crippen LogP contribution in [-0.4, -0.2) is 36.2 Å². The van der Waals surface area contributed by atoms with Gasteiger partial charge in [-0.1, -0.05) is 36.5 Å². The summed E-state index contributed by atoms with van der Waals surface area (Å²) >= 11 is 10.3. The van der Waals surface area contributed by atoms with Crippen molar-refractivity contribution >= 4 is 52.8 Å². The number of rotatable bonds is 11. The van der Waals surface area contributed by atoms with Crippen LogP contribution in [0.3, 0.4) is 0 Å². The predicted octanol–water partition coefficient (Wildman–Crippen LogP) is 5.38. The van der Waals surface area contributed by atoms with E-state index in [1.165, 1.54) is 18.5 Å². The molecule has 0 saturated carbocycles. The molecule has 1 heterocycles. The molecule has 0 aliphatic rings. The molecule has 0 bridgehead atoms. The van der Waals surface area contributed by atoms with Gasteiger partial charge in [0.2, 0.25) is 5.96 Å². The van der Waals surface area contributed by atoms with Crippen molar-refractivity contribution in [3.8, 4) is 23.4 Å². The second-order valence-electron chi connectivity index (χ2n) is 8.21. The molecule has 3 aromatic carbocycles. The summed E-state index contributed by atoms with van der Waals surface area (Å²) in [6, 6.07) is 15.0. The maximum atomic E-state index is 13.4. The summed E-state index contributed by atoms with van der Waals surface area (Å²) in [6.07, 6.45) is 3.80. The molecule has 0 aliphatic carbocycles. The molecule has 0 radical (unpaired) electrons. The highest BCUT2D eigenvalue weighted by molar-refractivity contribution is 7.78. The Balaban J connectivity index is 1.46. The number of nitriles is 1. The first-order valence-corrected chi connectivity index (χ1v) is 12.8. The van der Waals surface area contributed by atoms with Gasteiger partial charge in [0.15, 0.2) is 17.7 Å². The number of anilines is 2. The lowest BCUT2D eigenvalue weighted by Gasteiger charge is -2.14. The average molecular weight is 582 g/mol.